The van der Waals surface area contributed by atoms with E-state index in [4.69, 9.17) is 0 Å². The van der Waals surface area contributed by atoms with E-state index in [2.05, 4.69) is 24.1 Å². The van der Waals surface area contributed by atoms with Crippen molar-refractivity contribution in [3.8, 4) is 0 Å². The fraction of sp³-hybridized carbons (Fsp3) is 0.909. The molecule has 0 spiro atoms. The third kappa shape index (κ3) is 4.18. The lowest BCUT2D eigenvalue weighted by Crippen LogP contribution is -2.51. The molecule has 0 unspecified atom stereocenters. The molecule has 0 saturated carbocycles. The van der Waals surface area contributed by atoms with Gasteiger partial charge in [-0.15, -0.1) is 0 Å². The van der Waals surface area contributed by atoms with Crippen molar-refractivity contribution in [3.63, 3.8) is 0 Å². The Morgan fingerprint density at radius 2 is 1.87 bits per heavy atom. The fourth-order valence-electron chi connectivity index (χ4n) is 1.96. The maximum Gasteiger partial charge on any atom is 0.236 e. The zero-order valence-electron chi connectivity index (χ0n) is 10.1. The van der Waals surface area contributed by atoms with Gasteiger partial charge in [0.1, 0.15) is 0 Å². The van der Waals surface area contributed by atoms with Gasteiger partial charge in [-0.2, -0.15) is 0 Å². The number of nitrogens with zero attached hydrogens (tertiary/aromatic N) is 2. The van der Waals surface area contributed by atoms with Crippen LogP contribution in [0.5, 0.6) is 0 Å². The summed E-state index contributed by atoms with van der Waals surface area (Å²) in [5.41, 5.74) is 0. The molecule has 1 aliphatic heterocycles. The molecule has 15 heavy (non-hydrogen) atoms. The summed E-state index contributed by atoms with van der Waals surface area (Å²) in [7, 11) is 1.81. The summed E-state index contributed by atoms with van der Waals surface area (Å²) in [4.78, 5) is 16.0. The summed E-state index contributed by atoms with van der Waals surface area (Å²) in [5, 5.41) is 2.90. The van der Waals surface area contributed by atoms with E-state index < -0.39 is 0 Å². The number of carbonyl (C=O) groups excluding carboxylic acids is 1. The zero-order valence-corrected chi connectivity index (χ0v) is 10.1. The van der Waals surface area contributed by atoms with Crippen molar-refractivity contribution in [1.29, 1.82) is 0 Å². The van der Waals surface area contributed by atoms with Crippen LogP contribution < -0.4 is 5.32 Å². The molecule has 0 aromatic carbocycles. The Bertz CT molecular complexity index is 198. The quantitative estimate of drug-likeness (QED) is 0.714. The first-order valence-electron chi connectivity index (χ1n) is 5.78. The Labute approximate surface area is 92.6 Å². The van der Waals surface area contributed by atoms with Gasteiger partial charge in [-0.25, -0.2) is 0 Å². The van der Waals surface area contributed by atoms with Crippen LogP contribution in [0.15, 0.2) is 0 Å². The van der Waals surface area contributed by atoms with Crippen LogP contribution in [0.25, 0.3) is 0 Å². The normalized spacial score (nSPS) is 18.5. The predicted octanol–water partition coefficient (Wildman–Crippen LogP) is 0.00600. The maximum atomic E-state index is 11.6. The molecule has 1 saturated heterocycles. The molecule has 4 nitrogen and oxygen atoms in total. The van der Waals surface area contributed by atoms with Gasteiger partial charge in [0.15, 0.2) is 0 Å². The molecule has 0 atom stereocenters. The molecule has 1 heterocycles. The summed E-state index contributed by atoms with van der Waals surface area (Å²) in [6.45, 7) is 9.89. The molecular formula is C11H23N3O. The summed E-state index contributed by atoms with van der Waals surface area (Å²) in [6.07, 6.45) is 0. The molecule has 88 valence electrons. The monoisotopic (exact) mass is 213 g/mol. The molecule has 0 aromatic rings. The molecular weight excluding hydrogens is 190 g/mol. The van der Waals surface area contributed by atoms with Crippen molar-refractivity contribution in [2.24, 2.45) is 5.92 Å². The highest BCUT2D eigenvalue weighted by molar-refractivity contribution is 5.78. The minimum absolute atomic E-state index is 0.224. The molecule has 1 fully saturated rings. The Morgan fingerprint density at radius 1 is 1.27 bits per heavy atom. The van der Waals surface area contributed by atoms with Crippen LogP contribution in [-0.4, -0.2) is 62.0 Å². The standard InChI is InChI=1S/C11H23N3O/c1-10(2)9-13-4-6-14(7-5-13)11(15)8-12-3/h10,12H,4-9H2,1-3H3. The highest BCUT2D eigenvalue weighted by Crippen LogP contribution is 2.05. The fourth-order valence-corrected chi connectivity index (χ4v) is 1.96. The number of amides is 1. The van der Waals surface area contributed by atoms with Crippen LogP contribution >= 0.6 is 0 Å². The van der Waals surface area contributed by atoms with Crippen molar-refractivity contribution < 1.29 is 4.79 Å². The molecule has 1 aliphatic rings. The topological polar surface area (TPSA) is 35.6 Å². The van der Waals surface area contributed by atoms with E-state index in [1.165, 1.54) is 0 Å². The lowest BCUT2D eigenvalue weighted by atomic mass is 10.2. The third-order valence-electron chi connectivity index (χ3n) is 2.68. The largest absolute Gasteiger partial charge is 0.339 e. The lowest BCUT2D eigenvalue weighted by molar-refractivity contribution is -0.131. The van der Waals surface area contributed by atoms with Gasteiger partial charge in [0.2, 0.25) is 5.91 Å². The van der Waals surface area contributed by atoms with E-state index in [0.717, 1.165) is 32.7 Å². The molecule has 1 amide bonds. The summed E-state index contributed by atoms with van der Waals surface area (Å²) >= 11 is 0. The minimum Gasteiger partial charge on any atom is -0.339 e. The zero-order chi connectivity index (χ0) is 11.3. The predicted molar refractivity (Wildman–Crippen MR) is 61.8 cm³/mol. The second-order valence-corrected chi connectivity index (χ2v) is 4.61. The minimum atomic E-state index is 0.224. The van der Waals surface area contributed by atoms with Gasteiger partial charge >= 0.3 is 0 Å². The first-order chi connectivity index (χ1) is 7.13. The molecule has 1 N–H and O–H groups in total. The van der Waals surface area contributed by atoms with Gasteiger partial charge in [0.25, 0.3) is 0 Å². The second kappa shape index (κ2) is 6.08. The van der Waals surface area contributed by atoms with E-state index in [1.54, 1.807) is 0 Å². The number of carbonyl (C=O) groups is 1. The van der Waals surface area contributed by atoms with Crippen molar-refractivity contribution in [2.45, 2.75) is 13.8 Å². The molecule has 0 radical (unpaired) electrons. The van der Waals surface area contributed by atoms with Crippen molar-refractivity contribution in [3.05, 3.63) is 0 Å². The highest BCUT2D eigenvalue weighted by atomic mass is 16.2. The van der Waals surface area contributed by atoms with E-state index >= 15 is 0 Å². The SMILES string of the molecule is CNCC(=O)N1CCN(CC(C)C)CC1. The smallest absolute Gasteiger partial charge is 0.236 e. The molecule has 1 rings (SSSR count). The van der Waals surface area contributed by atoms with E-state index in [0.29, 0.717) is 12.5 Å². The van der Waals surface area contributed by atoms with Crippen LogP contribution in [0.2, 0.25) is 0 Å². The Hall–Kier alpha value is -0.610. The van der Waals surface area contributed by atoms with Gasteiger partial charge in [-0.3, -0.25) is 9.69 Å². The van der Waals surface area contributed by atoms with E-state index in [9.17, 15) is 4.79 Å². The second-order valence-electron chi connectivity index (χ2n) is 4.61. The van der Waals surface area contributed by atoms with Crippen molar-refractivity contribution in [1.82, 2.24) is 15.1 Å². The van der Waals surface area contributed by atoms with Crippen LogP contribution in [0, 0.1) is 5.92 Å². The number of hydrogen-bond donors (Lipinski definition) is 1. The van der Waals surface area contributed by atoms with Gasteiger partial charge in [0.05, 0.1) is 6.54 Å². The molecule has 0 aliphatic carbocycles. The maximum absolute atomic E-state index is 11.6. The Kier molecular flexibility index (Phi) is 5.05. The van der Waals surface area contributed by atoms with Gasteiger partial charge < -0.3 is 10.2 Å². The first-order valence-corrected chi connectivity index (χ1v) is 5.78. The van der Waals surface area contributed by atoms with E-state index in [-0.39, 0.29) is 5.91 Å². The molecule has 0 bridgehead atoms. The summed E-state index contributed by atoms with van der Waals surface area (Å²) < 4.78 is 0. The average Bonchev–Trinajstić information content (AvgIpc) is 2.18. The van der Waals surface area contributed by atoms with Crippen LogP contribution in [0.1, 0.15) is 13.8 Å². The van der Waals surface area contributed by atoms with Gasteiger partial charge in [-0.05, 0) is 13.0 Å². The molecule has 0 aromatic heterocycles. The third-order valence-corrected chi connectivity index (χ3v) is 2.68. The number of hydrogen-bond acceptors (Lipinski definition) is 3. The Morgan fingerprint density at radius 3 is 2.33 bits per heavy atom. The Balaban J connectivity index is 2.26. The van der Waals surface area contributed by atoms with Crippen LogP contribution in [-0.2, 0) is 4.79 Å². The van der Waals surface area contributed by atoms with Gasteiger partial charge in [0, 0.05) is 32.7 Å². The van der Waals surface area contributed by atoms with E-state index in [1.807, 2.05) is 11.9 Å². The number of rotatable bonds is 4. The van der Waals surface area contributed by atoms with Crippen LogP contribution in [0.4, 0.5) is 0 Å². The van der Waals surface area contributed by atoms with Crippen molar-refractivity contribution in [2.75, 3.05) is 46.3 Å². The van der Waals surface area contributed by atoms with Crippen molar-refractivity contribution >= 4 is 5.91 Å². The summed E-state index contributed by atoms with van der Waals surface area (Å²) in [6, 6.07) is 0. The van der Waals surface area contributed by atoms with Gasteiger partial charge in [-0.1, -0.05) is 13.8 Å². The van der Waals surface area contributed by atoms with Crippen LogP contribution in [0.3, 0.4) is 0 Å². The summed E-state index contributed by atoms with van der Waals surface area (Å²) in [5.74, 6) is 0.936. The lowest BCUT2D eigenvalue weighted by Gasteiger charge is -2.35. The average molecular weight is 213 g/mol. The number of likely N-dealkylation sites (N-methyl/N-ethyl adjacent to an activating group) is 1. The number of nitrogens with one attached hydrogen (secondary N) is 1. The first kappa shape index (κ1) is 12.5. The highest BCUT2D eigenvalue weighted by Gasteiger charge is 2.20. The number of piperazine rings is 1. The molecule has 4 heteroatoms.